The Labute approximate surface area is 160 Å². The standard InChI is InChI=1S/C18H36O2.C3H6O3/c1-17(2)15-13-11-9-7-5-3-4-6-8-10-12-14-16-18(19)20;1-2(4)3(5)6/h17H,3-16H2,1-2H3,(H,19,20);2,4H,1H3,(H,5,6). The number of aliphatic hydroxyl groups excluding tert-OH is 1. The fourth-order valence-electron chi connectivity index (χ4n) is 2.60. The van der Waals surface area contributed by atoms with Gasteiger partial charge in [0, 0.05) is 6.42 Å². The molecule has 0 radical (unpaired) electrons. The number of unbranched alkanes of at least 4 members (excludes halogenated alkanes) is 11. The lowest BCUT2D eigenvalue weighted by Crippen LogP contribution is -2.13. The lowest BCUT2D eigenvalue weighted by Gasteiger charge is -2.04. The van der Waals surface area contributed by atoms with Gasteiger partial charge in [-0.15, -0.1) is 0 Å². The number of carbonyl (C=O) groups is 2. The zero-order valence-corrected chi connectivity index (χ0v) is 17.2. The van der Waals surface area contributed by atoms with E-state index in [1.165, 1.54) is 77.6 Å². The van der Waals surface area contributed by atoms with E-state index in [1.807, 2.05) is 0 Å². The Morgan fingerprint density at radius 3 is 1.23 bits per heavy atom. The second-order valence-electron chi connectivity index (χ2n) is 7.58. The molecule has 0 aromatic carbocycles. The number of carboxylic acids is 2. The average Bonchev–Trinajstić information content (AvgIpc) is 2.55. The molecular formula is C21H42O5. The predicted octanol–water partition coefficient (Wildman–Crippen LogP) is 5.64. The highest BCUT2D eigenvalue weighted by atomic mass is 16.4. The van der Waals surface area contributed by atoms with Crippen molar-refractivity contribution in [3.05, 3.63) is 0 Å². The van der Waals surface area contributed by atoms with Gasteiger partial charge >= 0.3 is 11.9 Å². The van der Waals surface area contributed by atoms with Gasteiger partial charge in [-0.1, -0.05) is 90.9 Å². The number of aliphatic carboxylic acids is 2. The first kappa shape index (κ1) is 27.1. The molecule has 1 unspecified atom stereocenters. The van der Waals surface area contributed by atoms with Gasteiger partial charge in [0.05, 0.1) is 0 Å². The predicted molar refractivity (Wildman–Crippen MR) is 106 cm³/mol. The SMILES string of the molecule is CC(C)CCCCCCCCCCCCCCC(=O)O.CC(O)C(=O)O. The van der Waals surface area contributed by atoms with Crippen molar-refractivity contribution in [2.45, 2.75) is 117 Å². The van der Waals surface area contributed by atoms with Crippen molar-refractivity contribution in [2.75, 3.05) is 0 Å². The number of aliphatic hydroxyl groups is 1. The van der Waals surface area contributed by atoms with Crippen molar-refractivity contribution in [3.63, 3.8) is 0 Å². The Balaban J connectivity index is 0. The Bertz CT molecular complexity index is 326. The maximum absolute atomic E-state index is 10.3. The number of hydrogen-bond acceptors (Lipinski definition) is 3. The van der Waals surface area contributed by atoms with Crippen molar-refractivity contribution in [2.24, 2.45) is 5.92 Å². The third-order valence-electron chi connectivity index (χ3n) is 4.28. The van der Waals surface area contributed by atoms with E-state index in [1.54, 1.807) is 0 Å². The Morgan fingerprint density at radius 2 is 0.962 bits per heavy atom. The summed E-state index contributed by atoms with van der Waals surface area (Å²) in [6.45, 7) is 5.81. The van der Waals surface area contributed by atoms with Gasteiger partial charge in [-0.25, -0.2) is 4.79 Å². The van der Waals surface area contributed by atoms with Gasteiger partial charge in [0.2, 0.25) is 0 Å². The minimum Gasteiger partial charge on any atom is -0.481 e. The first-order valence-electron chi connectivity index (χ1n) is 10.4. The minimum atomic E-state index is -1.23. The van der Waals surface area contributed by atoms with Crippen LogP contribution in [-0.2, 0) is 9.59 Å². The van der Waals surface area contributed by atoms with Crippen molar-refractivity contribution in [3.8, 4) is 0 Å². The molecule has 0 saturated carbocycles. The van der Waals surface area contributed by atoms with Crippen molar-refractivity contribution in [1.29, 1.82) is 0 Å². The summed E-state index contributed by atoms with van der Waals surface area (Å²) in [7, 11) is 0. The zero-order chi connectivity index (χ0) is 20.2. The largest absolute Gasteiger partial charge is 0.481 e. The van der Waals surface area contributed by atoms with Crippen LogP contribution < -0.4 is 0 Å². The van der Waals surface area contributed by atoms with E-state index in [0.29, 0.717) is 6.42 Å². The van der Waals surface area contributed by atoms with E-state index >= 15 is 0 Å². The van der Waals surface area contributed by atoms with Crippen LogP contribution in [0.1, 0.15) is 111 Å². The van der Waals surface area contributed by atoms with Crippen LogP contribution in [0.25, 0.3) is 0 Å². The molecule has 0 aromatic heterocycles. The van der Waals surface area contributed by atoms with Crippen LogP contribution in [-0.4, -0.2) is 33.4 Å². The highest BCUT2D eigenvalue weighted by Gasteiger charge is 2.01. The van der Waals surface area contributed by atoms with Gasteiger partial charge < -0.3 is 15.3 Å². The monoisotopic (exact) mass is 374 g/mol. The van der Waals surface area contributed by atoms with E-state index in [2.05, 4.69) is 13.8 Å². The lowest BCUT2D eigenvalue weighted by atomic mass is 10.0. The molecule has 0 rings (SSSR count). The van der Waals surface area contributed by atoms with E-state index < -0.39 is 18.0 Å². The molecule has 3 N–H and O–H groups in total. The van der Waals surface area contributed by atoms with Crippen LogP contribution in [0, 0.1) is 5.92 Å². The van der Waals surface area contributed by atoms with Crippen LogP contribution in [0.4, 0.5) is 0 Å². The lowest BCUT2D eigenvalue weighted by molar-refractivity contribution is -0.145. The molecule has 0 saturated heterocycles. The summed E-state index contributed by atoms with van der Waals surface area (Å²) < 4.78 is 0. The molecule has 5 heteroatoms. The number of carboxylic acid groups (broad SMARTS) is 2. The summed E-state index contributed by atoms with van der Waals surface area (Å²) in [5.74, 6) is -0.973. The topological polar surface area (TPSA) is 94.8 Å². The smallest absolute Gasteiger partial charge is 0.332 e. The molecule has 26 heavy (non-hydrogen) atoms. The van der Waals surface area contributed by atoms with Crippen LogP contribution in [0.5, 0.6) is 0 Å². The molecule has 0 heterocycles. The minimum absolute atomic E-state index is 0.344. The fourth-order valence-corrected chi connectivity index (χ4v) is 2.60. The van der Waals surface area contributed by atoms with Crippen molar-refractivity contribution in [1.82, 2.24) is 0 Å². The number of rotatable bonds is 16. The molecule has 0 aliphatic rings. The van der Waals surface area contributed by atoms with E-state index in [-0.39, 0.29) is 0 Å². The Hall–Kier alpha value is -1.10. The highest BCUT2D eigenvalue weighted by Crippen LogP contribution is 2.14. The first-order valence-corrected chi connectivity index (χ1v) is 10.4. The van der Waals surface area contributed by atoms with Gasteiger partial charge in [-0.3, -0.25) is 4.79 Å². The third kappa shape index (κ3) is 27.7. The Kier molecular flexibility index (Phi) is 21.1. The summed E-state index contributed by atoms with van der Waals surface area (Å²) in [6.07, 6.45) is 16.1. The quantitative estimate of drug-likeness (QED) is 0.304. The van der Waals surface area contributed by atoms with E-state index in [9.17, 15) is 9.59 Å². The molecule has 0 fully saturated rings. The highest BCUT2D eigenvalue weighted by molar-refractivity contribution is 5.71. The molecule has 1 atom stereocenters. The molecule has 156 valence electrons. The second kappa shape index (κ2) is 20.2. The van der Waals surface area contributed by atoms with Crippen LogP contribution in [0.2, 0.25) is 0 Å². The maximum Gasteiger partial charge on any atom is 0.332 e. The first-order chi connectivity index (χ1) is 12.3. The van der Waals surface area contributed by atoms with Gasteiger partial charge in [-0.2, -0.15) is 0 Å². The summed E-state index contributed by atoms with van der Waals surface area (Å²) in [5.41, 5.74) is 0. The zero-order valence-electron chi connectivity index (χ0n) is 17.2. The number of hydrogen-bond donors (Lipinski definition) is 3. The van der Waals surface area contributed by atoms with Gasteiger partial charge in [0.1, 0.15) is 6.10 Å². The molecule has 0 aromatic rings. The van der Waals surface area contributed by atoms with Gasteiger partial charge in [0.25, 0.3) is 0 Å². The van der Waals surface area contributed by atoms with E-state index in [0.717, 1.165) is 18.8 Å². The van der Waals surface area contributed by atoms with Crippen molar-refractivity contribution >= 4 is 11.9 Å². The molecule has 0 bridgehead atoms. The maximum atomic E-state index is 10.3. The fraction of sp³-hybridized carbons (Fsp3) is 0.905. The van der Waals surface area contributed by atoms with Crippen LogP contribution in [0.15, 0.2) is 0 Å². The molecule has 0 spiro atoms. The third-order valence-corrected chi connectivity index (χ3v) is 4.28. The summed E-state index contributed by atoms with van der Waals surface area (Å²) in [6, 6.07) is 0. The second-order valence-corrected chi connectivity index (χ2v) is 7.58. The van der Waals surface area contributed by atoms with Gasteiger partial charge in [0.15, 0.2) is 0 Å². The van der Waals surface area contributed by atoms with Crippen molar-refractivity contribution < 1.29 is 24.9 Å². The molecule has 5 nitrogen and oxygen atoms in total. The van der Waals surface area contributed by atoms with Gasteiger partial charge in [-0.05, 0) is 19.3 Å². The summed E-state index contributed by atoms with van der Waals surface area (Å²) >= 11 is 0. The van der Waals surface area contributed by atoms with Crippen LogP contribution >= 0.6 is 0 Å². The molecule has 0 aliphatic carbocycles. The molecule has 0 amide bonds. The Morgan fingerprint density at radius 1 is 0.654 bits per heavy atom. The summed E-state index contributed by atoms with van der Waals surface area (Å²) in [4.78, 5) is 19.8. The van der Waals surface area contributed by atoms with E-state index in [4.69, 9.17) is 15.3 Å². The summed E-state index contributed by atoms with van der Waals surface area (Å²) in [5, 5.41) is 24.3. The molecular weight excluding hydrogens is 332 g/mol. The normalized spacial score (nSPS) is 11.7. The van der Waals surface area contributed by atoms with Crippen LogP contribution in [0.3, 0.4) is 0 Å². The average molecular weight is 375 g/mol. The molecule has 0 aliphatic heterocycles.